The van der Waals surface area contributed by atoms with E-state index in [1.807, 2.05) is 0 Å². The number of benzene rings is 1. The van der Waals surface area contributed by atoms with Crippen molar-refractivity contribution in [3.8, 4) is 16.4 Å². The number of aliphatic hydroxyl groups is 3. The Morgan fingerprint density at radius 1 is 1.14 bits per heavy atom. The Labute approximate surface area is 220 Å². The number of aliphatic hydroxyl groups excluding tert-OH is 3. The van der Waals surface area contributed by atoms with Crippen LogP contribution >= 0.6 is 34.5 Å². The molecule has 0 bridgehead atoms. The summed E-state index contributed by atoms with van der Waals surface area (Å²) >= 11 is 13.1. The minimum absolute atomic E-state index is 0.0302. The van der Waals surface area contributed by atoms with Crippen molar-refractivity contribution in [2.45, 2.75) is 36.6 Å². The largest absolute Gasteiger partial charge is 0.418 e. The highest BCUT2D eigenvalue weighted by atomic mass is 35.5. The lowest BCUT2D eigenvalue weighted by atomic mass is 9.91. The van der Waals surface area contributed by atoms with Crippen molar-refractivity contribution in [1.82, 2.24) is 29.8 Å². The number of hydrogen-bond donors (Lipinski definition) is 3. The summed E-state index contributed by atoms with van der Waals surface area (Å²) in [4.78, 5) is 4.12. The van der Waals surface area contributed by atoms with Gasteiger partial charge in [0.15, 0.2) is 0 Å². The summed E-state index contributed by atoms with van der Waals surface area (Å²) in [6.07, 6.45) is -6.16. The third-order valence-corrected chi connectivity index (χ3v) is 7.23. The molecule has 196 valence electrons. The van der Waals surface area contributed by atoms with E-state index in [2.05, 4.69) is 20.4 Å². The minimum Gasteiger partial charge on any atom is -0.394 e. The number of halogens is 5. The van der Waals surface area contributed by atoms with Gasteiger partial charge in [-0.1, -0.05) is 28.4 Å². The lowest BCUT2D eigenvalue weighted by molar-refractivity contribution is -0.209. The fourth-order valence-electron chi connectivity index (χ4n) is 4.20. The molecule has 1 fully saturated rings. The minimum atomic E-state index is -4.72. The first-order valence-corrected chi connectivity index (χ1v) is 12.2. The fraction of sp³-hybridized carbons (Fsp3) is 0.333. The van der Waals surface area contributed by atoms with Gasteiger partial charge in [0.2, 0.25) is 0 Å². The zero-order valence-corrected chi connectivity index (χ0v) is 20.7. The predicted octanol–water partition coefficient (Wildman–Crippen LogP) is 3.31. The van der Waals surface area contributed by atoms with E-state index in [4.69, 9.17) is 27.9 Å². The summed E-state index contributed by atoms with van der Waals surface area (Å²) in [7, 11) is 0. The number of nitrogens with zero attached hydrogens (tertiary/aromatic N) is 6. The van der Waals surface area contributed by atoms with Gasteiger partial charge < -0.3 is 20.1 Å². The van der Waals surface area contributed by atoms with Gasteiger partial charge in [-0.05, 0) is 24.3 Å². The van der Waals surface area contributed by atoms with E-state index < -0.39 is 48.8 Å². The van der Waals surface area contributed by atoms with Gasteiger partial charge in [-0.25, -0.2) is 14.3 Å². The molecule has 3 N–H and O–H groups in total. The van der Waals surface area contributed by atoms with Gasteiger partial charge in [0.1, 0.15) is 45.5 Å². The summed E-state index contributed by atoms with van der Waals surface area (Å²) in [5, 5.41) is 44.5. The maximum absolute atomic E-state index is 13.8. The third-order valence-electron chi connectivity index (χ3n) is 5.86. The molecule has 1 saturated heterocycles. The second kappa shape index (κ2) is 9.94. The Hall–Kier alpha value is -2.59. The van der Waals surface area contributed by atoms with Crippen LogP contribution in [0.4, 0.5) is 13.2 Å². The van der Waals surface area contributed by atoms with Gasteiger partial charge in [0, 0.05) is 11.2 Å². The van der Waals surface area contributed by atoms with Crippen molar-refractivity contribution < 1.29 is 33.2 Å². The van der Waals surface area contributed by atoms with Crippen LogP contribution in [0.5, 0.6) is 0 Å². The van der Waals surface area contributed by atoms with Gasteiger partial charge >= 0.3 is 6.18 Å². The van der Waals surface area contributed by atoms with Crippen LogP contribution in [-0.4, -0.2) is 70.0 Å². The van der Waals surface area contributed by atoms with Gasteiger partial charge in [0.25, 0.3) is 0 Å². The molecule has 5 atom stereocenters. The van der Waals surface area contributed by atoms with Crippen molar-refractivity contribution >= 4 is 34.5 Å². The van der Waals surface area contributed by atoms with Gasteiger partial charge in [-0.3, -0.25) is 0 Å². The fourth-order valence-corrected chi connectivity index (χ4v) is 5.23. The second-order valence-corrected chi connectivity index (χ2v) is 10.2. The second-order valence-electron chi connectivity index (χ2n) is 8.13. The van der Waals surface area contributed by atoms with Crippen LogP contribution in [0.25, 0.3) is 16.4 Å². The standard InChI is InChI=1S/C21H17Cl2F3N6O4S/c22-9-1-2-10(21(24,25)26)13(5-9)32-12(3-4-28-32)19-18(35)16(17(34)14(8-33)36-19)31-7-11(29-30-31)20-27-6-15(23)37-20/h1-7,14,16-19,33-35H,8H2/t14-,16+,17+,18-,19+/m1/s1. The first-order chi connectivity index (χ1) is 17.6. The number of hydrogen-bond acceptors (Lipinski definition) is 9. The van der Waals surface area contributed by atoms with Crippen LogP contribution in [0.15, 0.2) is 42.9 Å². The van der Waals surface area contributed by atoms with E-state index in [0.717, 1.165) is 34.2 Å². The number of thiazole rings is 1. The average molecular weight is 577 g/mol. The van der Waals surface area contributed by atoms with Gasteiger partial charge in [0.05, 0.1) is 35.9 Å². The first kappa shape index (κ1) is 26.0. The van der Waals surface area contributed by atoms with E-state index in [1.54, 1.807) is 0 Å². The first-order valence-electron chi connectivity index (χ1n) is 10.7. The van der Waals surface area contributed by atoms with Crippen LogP contribution in [0, 0.1) is 0 Å². The molecule has 37 heavy (non-hydrogen) atoms. The van der Waals surface area contributed by atoms with Crippen molar-refractivity contribution in [2.75, 3.05) is 6.61 Å². The van der Waals surface area contributed by atoms with Gasteiger partial charge in [-0.2, -0.15) is 18.3 Å². The molecule has 0 saturated carbocycles. The molecule has 0 unspecified atom stereocenters. The highest BCUT2D eigenvalue weighted by Crippen LogP contribution is 2.41. The molecule has 0 spiro atoms. The van der Waals surface area contributed by atoms with Crippen molar-refractivity contribution in [3.63, 3.8) is 0 Å². The van der Waals surface area contributed by atoms with Crippen molar-refractivity contribution in [1.29, 1.82) is 0 Å². The molecule has 0 radical (unpaired) electrons. The Morgan fingerprint density at radius 3 is 2.59 bits per heavy atom. The molecule has 0 amide bonds. The normalized spacial score (nSPS) is 24.5. The van der Waals surface area contributed by atoms with E-state index in [0.29, 0.717) is 15.0 Å². The number of ether oxygens (including phenoxy) is 1. The average Bonchev–Trinajstić information content (AvgIpc) is 3.59. The third kappa shape index (κ3) is 4.85. The van der Waals surface area contributed by atoms with Crippen molar-refractivity contribution in [3.05, 3.63) is 63.5 Å². The molecule has 0 aliphatic carbocycles. The zero-order valence-electron chi connectivity index (χ0n) is 18.4. The molecule has 1 aliphatic rings. The Bertz CT molecular complexity index is 1410. The summed E-state index contributed by atoms with van der Waals surface area (Å²) in [6.45, 7) is -0.649. The lowest BCUT2D eigenvalue weighted by Crippen LogP contribution is -2.53. The number of aromatic nitrogens is 6. The quantitative estimate of drug-likeness (QED) is 0.330. The van der Waals surface area contributed by atoms with E-state index in [9.17, 15) is 28.5 Å². The van der Waals surface area contributed by atoms with Crippen LogP contribution in [0.3, 0.4) is 0 Å². The molecule has 1 aromatic carbocycles. The van der Waals surface area contributed by atoms with E-state index >= 15 is 0 Å². The van der Waals surface area contributed by atoms with E-state index in [-0.39, 0.29) is 16.4 Å². The molecule has 4 heterocycles. The molecule has 3 aromatic heterocycles. The SMILES string of the molecule is OC[C@H]1O[C@@H](c2ccnn2-c2cc(Cl)ccc2C(F)(F)F)[C@H](O)[C@@H](n2cc(-c3ncc(Cl)s3)nn2)[C@H]1O. The molecule has 1 aliphatic heterocycles. The van der Waals surface area contributed by atoms with Crippen LogP contribution in [0.2, 0.25) is 9.36 Å². The number of rotatable bonds is 5. The molecular formula is C21H17Cl2F3N6O4S. The summed E-state index contributed by atoms with van der Waals surface area (Å²) in [6, 6.07) is 3.19. The van der Waals surface area contributed by atoms with Crippen LogP contribution in [-0.2, 0) is 10.9 Å². The summed E-state index contributed by atoms with van der Waals surface area (Å²) in [5.41, 5.74) is -1.05. The topological polar surface area (TPSA) is 131 Å². The summed E-state index contributed by atoms with van der Waals surface area (Å²) < 4.78 is 49.6. The van der Waals surface area contributed by atoms with Crippen molar-refractivity contribution in [2.24, 2.45) is 0 Å². The predicted molar refractivity (Wildman–Crippen MR) is 125 cm³/mol. The maximum Gasteiger partial charge on any atom is 0.418 e. The van der Waals surface area contributed by atoms with Gasteiger partial charge in [-0.15, -0.1) is 16.4 Å². The van der Waals surface area contributed by atoms with E-state index in [1.165, 1.54) is 29.3 Å². The zero-order chi connectivity index (χ0) is 26.5. The maximum atomic E-state index is 13.8. The molecule has 5 rings (SSSR count). The Balaban J connectivity index is 1.55. The molecule has 4 aromatic rings. The molecule has 16 heteroatoms. The lowest BCUT2D eigenvalue weighted by Gasteiger charge is -2.42. The Kier molecular flexibility index (Phi) is 7.00. The Morgan fingerprint density at radius 2 is 1.92 bits per heavy atom. The smallest absolute Gasteiger partial charge is 0.394 e. The summed E-state index contributed by atoms with van der Waals surface area (Å²) in [5.74, 6) is 0. The molecular weight excluding hydrogens is 560 g/mol. The molecule has 10 nitrogen and oxygen atoms in total. The highest BCUT2D eigenvalue weighted by Gasteiger charge is 2.48. The highest BCUT2D eigenvalue weighted by molar-refractivity contribution is 7.18. The van der Waals surface area contributed by atoms with Crippen LogP contribution in [0.1, 0.15) is 23.4 Å². The van der Waals surface area contributed by atoms with Crippen LogP contribution < -0.4 is 0 Å². The number of alkyl halides is 3. The monoisotopic (exact) mass is 576 g/mol.